The van der Waals surface area contributed by atoms with E-state index >= 15 is 0 Å². The van der Waals surface area contributed by atoms with Crippen LogP contribution in [-0.2, 0) is 11.2 Å². The molecule has 1 N–H and O–H groups in total. The van der Waals surface area contributed by atoms with Crippen LogP contribution in [0.5, 0.6) is 0 Å². The molecular formula is C25H20BrFN2O. The number of nitrogens with zero attached hydrogens (tertiary/aromatic N) is 1. The van der Waals surface area contributed by atoms with Gasteiger partial charge in [-0.3, -0.25) is 4.79 Å². The van der Waals surface area contributed by atoms with Gasteiger partial charge in [0.2, 0.25) is 0 Å². The fourth-order valence-electron chi connectivity index (χ4n) is 3.02. The van der Waals surface area contributed by atoms with Gasteiger partial charge in [-0.2, -0.15) is 5.26 Å². The molecule has 0 heterocycles. The zero-order valence-corrected chi connectivity index (χ0v) is 18.3. The summed E-state index contributed by atoms with van der Waals surface area (Å²) in [4.78, 5) is 12.6. The lowest BCUT2D eigenvalue weighted by Crippen LogP contribution is -2.14. The van der Waals surface area contributed by atoms with E-state index in [2.05, 4.69) is 21.2 Å². The normalized spacial score (nSPS) is 11.1. The number of hydrogen-bond donors (Lipinski definition) is 1. The van der Waals surface area contributed by atoms with Crippen molar-refractivity contribution in [1.82, 2.24) is 0 Å². The Balaban J connectivity index is 1.81. The molecule has 0 spiro atoms. The number of aryl methyl sites for hydroxylation is 2. The van der Waals surface area contributed by atoms with Gasteiger partial charge < -0.3 is 5.32 Å². The summed E-state index contributed by atoms with van der Waals surface area (Å²) in [5.74, 6) is -0.707. The second-order valence-electron chi connectivity index (χ2n) is 7.06. The fourth-order valence-corrected chi connectivity index (χ4v) is 3.56. The highest BCUT2D eigenvalue weighted by Gasteiger charge is 2.12. The van der Waals surface area contributed by atoms with E-state index in [0.717, 1.165) is 21.2 Å². The van der Waals surface area contributed by atoms with E-state index in [9.17, 15) is 14.4 Å². The average Bonchev–Trinajstić information content (AvgIpc) is 2.72. The van der Waals surface area contributed by atoms with E-state index in [4.69, 9.17) is 0 Å². The number of rotatable bonds is 5. The van der Waals surface area contributed by atoms with Crippen LogP contribution in [0, 0.1) is 31.0 Å². The number of carbonyl (C=O) groups excluding carboxylic acids is 1. The van der Waals surface area contributed by atoms with Crippen molar-refractivity contribution in [3.8, 4) is 6.07 Å². The Bertz CT molecular complexity index is 1180. The van der Waals surface area contributed by atoms with Crippen LogP contribution in [0.1, 0.15) is 27.8 Å². The van der Waals surface area contributed by atoms with Crippen molar-refractivity contribution >= 4 is 33.6 Å². The highest BCUT2D eigenvalue weighted by atomic mass is 79.9. The zero-order valence-electron chi connectivity index (χ0n) is 16.7. The summed E-state index contributed by atoms with van der Waals surface area (Å²) in [5.41, 5.74) is 4.85. The molecule has 0 atom stereocenters. The Morgan fingerprint density at radius 1 is 1.10 bits per heavy atom. The van der Waals surface area contributed by atoms with Crippen molar-refractivity contribution in [1.29, 1.82) is 5.26 Å². The molecule has 3 aromatic carbocycles. The number of nitrogens with one attached hydrogen (secondary N) is 1. The predicted molar refractivity (Wildman–Crippen MR) is 121 cm³/mol. The largest absolute Gasteiger partial charge is 0.321 e. The van der Waals surface area contributed by atoms with Gasteiger partial charge in [0, 0.05) is 16.6 Å². The first kappa shape index (κ1) is 21.5. The Kier molecular flexibility index (Phi) is 6.81. The molecule has 150 valence electrons. The standard InChI is InChI=1S/C25H20BrFN2O/c1-16-7-8-17(2)24(11-16)29-25(30)21(15-28)12-18-9-10-19(22(26)13-18)14-20-5-3-4-6-23(20)27/h3-13H,14H2,1-2H3,(H,29,30)/b21-12+. The van der Waals surface area contributed by atoms with Crippen molar-refractivity contribution in [2.45, 2.75) is 20.3 Å². The van der Waals surface area contributed by atoms with Gasteiger partial charge in [0.25, 0.3) is 5.91 Å². The molecule has 1 amide bonds. The third kappa shape index (κ3) is 5.22. The molecule has 0 saturated heterocycles. The van der Waals surface area contributed by atoms with Gasteiger partial charge in [-0.15, -0.1) is 0 Å². The van der Waals surface area contributed by atoms with Crippen LogP contribution in [0.25, 0.3) is 6.08 Å². The molecule has 0 aliphatic carbocycles. The van der Waals surface area contributed by atoms with Crippen molar-refractivity contribution in [2.75, 3.05) is 5.32 Å². The molecule has 0 radical (unpaired) electrons. The van der Waals surface area contributed by atoms with Crippen LogP contribution in [0.4, 0.5) is 10.1 Å². The van der Waals surface area contributed by atoms with Gasteiger partial charge in [-0.25, -0.2) is 4.39 Å². The lowest BCUT2D eigenvalue weighted by molar-refractivity contribution is -0.112. The summed E-state index contributed by atoms with van der Waals surface area (Å²) >= 11 is 3.51. The molecule has 0 aliphatic rings. The first-order chi connectivity index (χ1) is 14.4. The van der Waals surface area contributed by atoms with Gasteiger partial charge in [-0.05, 0) is 65.9 Å². The van der Waals surface area contributed by atoms with E-state index in [1.54, 1.807) is 18.2 Å². The molecule has 0 aromatic heterocycles. The topological polar surface area (TPSA) is 52.9 Å². The highest BCUT2D eigenvalue weighted by Crippen LogP contribution is 2.24. The lowest BCUT2D eigenvalue weighted by Gasteiger charge is -2.09. The number of benzene rings is 3. The molecule has 0 unspecified atom stereocenters. The summed E-state index contributed by atoms with van der Waals surface area (Å²) < 4.78 is 14.7. The van der Waals surface area contributed by atoms with Gasteiger partial charge in [0.1, 0.15) is 17.5 Å². The van der Waals surface area contributed by atoms with Crippen LogP contribution in [-0.4, -0.2) is 5.91 Å². The van der Waals surface area contributed by atoms with Crippen LogP contribution in [0.15, 0.2) is 70.7 Å². The molecule has 0 aliphatic heterocycles. The Morgan fingerprint density at radius 3 is 2.57 bits per heavy atom. The average molecular weight is 463 g/mol. The quantitative estimate of drug-likeness (QED) is 0.355. The fraction of sp³-hybridized carbons (Fsp3) is 0.120. The lowest BCUT2D eigenvalue weighted by atomic mass is 10.0. The first-order valence-corrected chi connectivity index (χ1v) is 10.2. The van der Waals surface area contributed by atoms with Crippen molar-refractivity contribution in [2.24, 2.45) is 0 Å². The van der Waals surface area contributed by atoms with E-state index < -0.39 is 5.91 Å². The summed E-state index contributed by atoms with van der Waals surface area (Å²) in [5, 5.41) is 12.3. The maximum atomic E-state index is 13.9. The number of anilines is 1. The Labute approximate surface area is 184 Å². The third-order valence-corrected chi connectivity index (χ3v) is 5.47. The summed E-state index contributed by atoms with van der Waals surface area (Å²) in [7, 11) is 0. The van der Waals surface area contributed by atoms with E-state index in [1.165, 1.54) is 12.1 Å². The van der Waals surface area contributed by atoms with Gasteiger partial charge in [0.15, 0.2) is 0 Å². The number of hydrogen-bond acceptors (Lipinski definition) is 2. The van der Waals surface area contributed by atoms with Crippen LogP contribution in [0.3, 0.4) is 0 Å². The maximum Gasteiger partial charge on any atom is 0.266 e. The molecule has 3 nitrogen and oxygen atoms in total. The van der Waals surface area contributed by atoms with Crippen molar-refractivity contribution in [3.63, 3.8) is 0 Å². The van der Waals surface area contributed by atoms with Crippen LogP contribution >= 0.6 is 15.9 Å². The monoisotopic (exact) mass is 462 g/mol. The van der Waals surface area contributed by atoms with Crippen molar-refractivity contribution in [3.05, 3.63) is 104 Å². The summed E-state index contributed by atoms with van der Waals surface area (Å²) in [6.45, 7) is 3.84. The van der Waals surface area contributed by atoms with Gasteiger partial charge in [-0.1, -0.05) is 58.4 Å². The molecule has 30 heavy (non-hydrogen) atoms. The van der Waals surface area contributed by atoms with E-state index in [0.29, 0.717) is 23.2 Å². The minimum atomic E-state index is -0.460. The van der Waals surface area contributed by atoms with Crippen molar-refractivity contribution < 1.29 is 9.18 Å². The molecule has 3 aromatic rings. The van der Waals surface area contributed by atoms with E-state index in [1.807, 2.05) is 56.3 Å². The highest BCUT2D eigenvalue weighted by molar-refractivity contribution is 9.10. The Hall–Kier alpha value is -3.23. The van der Waals surface area contributed by atoms with Gasteiger partial charge in [0.05, 0.1) is 0 Å². The zero-order chi connectivity index (χ0) is 21.7. The molecule has 3 rings (SSSR count). The SMILES string of the molecule is Cc1ccc(C)c(NC(=O)/C(C#N)=C/c2ccc(Cc3ccccc3F)c(Br)c2)c1. The second-order valence-corrected chi connectivity index (χ2v) is 7.92. The molecule has 0 bridgehead atoms. The summed E-state index contributed by atoms with van der Waals surface area (Å²) in [6.07, 6.45) is 1.98. The number of carbonyl (C=O) groups is 1. The first-order valence-electron chi connectivity index (χ1n) is 9.39. The predicted octanol–water partition coefficient (Wildman–Crippen LogP) is 6.34. The minimum Gasteiger partial charge on any atom is -0.321 e. The third-order valence-electron chi connectivity index (χ3n) is 4.73. The number of amides is 1. The number of nitriles is 1. The molecule has 0 fully saturated rings. The van der Waals surface area contributed by atoms with Crippen LogP contribution in [0.2, 0.25) is 0 Å². The molecule has 0 saturated carbocycles. The second kappa shape index (κ2) is 9.51. The summed E-state index contributed by atoms with van der Waals surface area (Å²) in [6, 6.07) is 19.9. The molecule has 5 heteroatoms. The maximum absolute atomic E-state index is 13.9. The molecular weight excluding hydrogens is 443 g/mol. The van der Waals surface area contributed by atoms with Crippen LogP contribution < -0.4 is 5.32 Å². The van der Waals surface area contributed by atoms with E-state index in [-0.39, 0.29) is 11.4 Å². The minimum absolute atomic E-state index is 0.00431. The van der Waals surface area contributed by atoms with Gasteiger partial charge >= 0.3 is 0 Å². The Morgan fingerprint density at radius 2 is 1.87 bits per heavy atom. The smallest absolute Gasteiger partial charge is 0.266 e. The number of halogens is 2.